The predicted octanol–water partition coefficient (Wildman–Crippen LogP) is 3.45. The summed E-state index contributed by atoms with van der Waals surface area (Å²) in [5.41, 5.74) is 2.90. The fourth-order valence-corrected chi connectivity index (χ4v) is 4.10. The zero-order chi connectivity index (χ0) is 24.4. The molecule has 0 aliphatic carbocycles. The van der Waals surface area contributed by atoms with Crippen molar-refractivity contribution in [2.45, 2.75) is 6.54 Å². The first kappa shape index (κ1) is 22.8. The zero-order valence-electron chi connectivity index (χ0n) is 19.2. The number of rotatable bonds is 5. The van der Waals surface area contributed by atoms with Crippen LogP contribution in [0.2, 0.25) is 0 Å². The van der Waals surface area contributed by atoms with Gasteiger partial charge in [-0.25, -0.2) is 23.4 Å². The molecule has 35 heavy (non-hydrogen) atoms. The summed E-state index contributed by atoms with van der Waals surface area (Å²) >= 11 is 0. The Morgan fingerprint density at radius 3 is 2.29 bits per heavy atom. The lowest BCUT2D eigenvalue weighted by Crippen LogP contribution is -2.44. The zero-order valence-corrected chi connectivity index (χ0v) is 19.2. The van der Waals surface area contributed by atoms with Gasteiger partial charge < -0.3 is 9.80 Å². The SMILES string of the molecule is CN1CCN(c2cnc(-c3cccc(Cn4nc(-c5cc(F)cc(F)c5)ccc4=O)c3)nc2)CC1. The Morgan fingerprint density at radius 2 is 1.57 bits per heavy atom. The second-order valence-electron chi connectivity index (χ2n) is 8.63. The van der Waals surface area contributed by atoms with Crippen molar-refractivity contribution < 1.29 is 8.78 Å². The van der Waals surface area contributed by atoms with Gasteiger partial charge in [0, 0.05) is 49.4 Å². The van der Waals surface area contributed by atoms with E-state index in [1.165, 1.54) is 28.9 Å². The maximum atomic E-state index is 13.6. The Balaban J connectivity index is 1.36. The Labute approximate surface area is 201 Å². The van der Waals surface area contributed by atoms with E-state index < -0.39 is 11.6 Å². The van der Waals surface area contributed by atoms with Crippen molar-refractivity contribution >= 4 is 5.69 Å². The second-order valence-corrected chi connectivity index (χ2v) is 8.63. The van der Waals surface area contributed by atoms with Crippen LogP contribution in [0, 0.1) is 11.6 Å². The third-order valence-corrected chi connectivity index (χ3v) is 6.05. The summed E-state index contributed by atoms with van der Waals surface area (Å²) in [6, 6.07) is 13.5. The van der Waals surface area contributed by atoms with Gasteiger partial charge in [0.2, 0.25) is 0 Å². The van der Waals surface area contributed by atoms with E-state index in [0.29, 0.717) is 11.5 Å². The third-order valence-electron chi connectivity index (χ3n) is 6.05. The van der Waals surface area contributed by atoms with Crippen LogP contribution < -0.4 is 10.5 Å². The van der Waals surface area contributed by atoms with Gasteiger partial charge in [0.05, 0.1) is 30.3 Å². The largest absolute Gasteiger partial charge is 0.366 e. The minimum absolute atomic E-state index is 0.192. The molecule has 1 saturated heterocycles. The molecule has 178 valence electrons. The Kier molecular flexibility index (Phi) is 6.33. The first-order valence-electron chi connectivity index (χ1n) is 11.3. The number of piperazine rings is 1. The first-order valence-corrected chi connectivity index (χ1v) is 11.3. The monoisotopic (exact) mass is 474 g/mol. The van der Waals surface area contributed by atoms with Crippen molar-refractivity contribution in [3.8, 4) is 22.6 Å². The fourth-order valence-electron chi connectivity index (χ4n) is 4.10. The number of aromatic nitrogens is 4. The first-order chi connectivity index (χ1) is 16.9. The molecule has 9 heteroatoms. The van der Waals surface area contributed by atoms with Crippen molar-refractivity contribution in [1.29, 1.82) is 0 Å². The molecular formula is C26H24F2N6O. The molecule has 0 atom stereocenters. The molecule has 2 aromatic carbocycles. The van der Waals surface area contributed by atoms with Crippen molar-refractivity contribution in [3.05, 3.63) is 94.5 Å². The predicted molar refractivity (Wildman–Crippen MR) is 130 cm³/mol. The number of hydrogen-bond donors (Lipinski definition) is 0. The van der Waals surface area contributed by atoms with Gasteiger partial charge in [0.1, 0.15) is 11.6 Å². The maximum Gasteiger partial charge on any atom is 0.267 e. The molecule has 4 aromatic rings. The van der Waals surface area contributed by atoms with Crippen molar-refractivity contribution in [1.82, 2.24) is 24.6 Å². The van der Waals surface area contributed by atoms with Crippen molar-refractivity contribution in [3.63, 3.8) is 0 Å². The number of anilines is 1. The number of nitrogens with zero attached hydrogens (tertiary/aromatic N) is 6. The second kappa shape index (κ2) is 9.71. The molecule has 0 N–H and O–H groups in total. The highest BCUT2D eigenvalue weighted by Crippen LogP contribution is 2.21. The normalized spacial score (nSPS) is 14.3. The topological polar surface area (TPSA) is 67.2 Å². The molecule has 0 saturated carbocycles. The standard InChI is InChI=1S/C26H24F2N6O/c1-32-7-9-33(10-8-32)23-15-29-26(30-16-23)19-4-2-3-18(11-19)17-34-25(35)6-5-24(31-34)20-12-21(27)14-22(28)13-20/h2-6,11-16H,7-10,17H2,1H3. The van der Waals surface area contributed by atoms with E-state index in [0.717, 1.165) is 49.1 Å². The average molecular weight is 475 g/mol. The van der Waals surface area contributed by atoms with E-state index in [-0.39, 0.29) is 17.7 Å². The van der Waals surface area contributed by atoms with Crippen LogP contribution >= 0.6 is 0 Å². The van der Waals surface area contributed by atoms with E-state index in [1.807, 2.05) is 36.7 Å². The molecule has 7 nitrogen and oxygen atoms in total. The van der Waals surface area contributed by atoms with Crippen LogP contribution in [0.1, 0.15) is 5.56 Å². The summed E-state index contributed by atoms with van der Waals surface area (Å²) in [4.78, 5) is 26.1. The molecular weight excluding hydrogens is 450 g/mol. The smallest absolute Gasteiger partial charge is 0.267 e. The van der Waals surface area contributed by atoms with Gasteiger partial charge in [-0.05, 0) is 36.9 Å². The van der Waals surface area contributed by atoms with E-state index >= 15 is 0 Å². The highest BCUT2D eigenvalue weighted by Gasteiger charge is 2.15. The van der Waals surface area contributed by atoms with Gasteiger partial charge in [0.15, 0.2) is 5.82 Å². The summed E-state index contributed by atoms with van der Waals surface area (Å²) in [6.07, 6.45) is 3.68. The van der Waals surface area contributed by atoms with Crippen LogP contribution in [0.25, 0.3) is 22.6 Å². The van der Waals surface area contributed by atoms with Crippen molar-refractivity contribution in [2.24, 2.45) is 0 Å². The third kappa shape index (κ3) is 5.25. The molecule has 0 amide bonds. The highest BCUT2D eigenvalue weighted by atomic mass is 19.1. The Bertz CT molecular complexity index is 1380. The van der Waals surface area contributed by atoms with Gasteiger partial charge in [-0.15, -0.1) is 0 Å². The minimum Gasteiger partial charge on any atom is -0.366 e. The van der Waals surface area contributed by atoms with Gasteiger partial charge in [-0.3, -0.25) is 4.79 Å². The number of benzene rings is 2. The van der Waals surface area contributed by atoms with Crippen LogP contribution in [0.15, 0.2) is 71.8 Å². The molecule has 1 aliphatic rings. The van der Waals surface area contributed by atoms with Crippen LogP contribution in [-0.2, 0) is 6.54 Å². The van der Waals surface area contributed by atoms with Gasteiger partial charge in [-0.2, -0.15) is 5.10 Å². The van der Waals surface area contributed by atoms with E-state index in [2.05, 4.69) is 31.9 Å². The van der Waals surface area contributed by atoms with Crippen LogP contribution in [-0.4, -0.2) is 57.9 Å². The maximum absolute atomic E-state index is 13.6. The van der Waals surface area contributed by atoms with Gasteiger partial charge in [-0.1, -0.05) is 18.2 Å². The number of halogens is 2. The molecule has 0 unspecified atom stereocenters. The van der Waals surface area contributed by atoms with Gasteiger partial charge in [0.25, 0.3) is 5.56 Å². The van der Waals surface area contributed by atoms with E-state index in [1.54, 1.807) is 0 Å². The quantitative estimate of drug-likeness (QED) is 0.442. The van der Waals surface area contributed by atoms with Crippen LogP contribution in [0.5, 0.6) is 0 Å². The lowest BCUT2D eigenvalue weighted by molar-refractivity contribution is 0.312. The van der Waals surface area contributed by atoms with Crippen LogP contribution in [0.4, 0.5) is 14.5 Å². The molecule has 5 rings (SSSR count). The number of likely N-dealkylation sites (N-methyl/N-ethyl adjacent to an activating group) is 1. The van der Waals surface area contributed by atoms with Crippen LogP contribution in [0.3, 0.4) is 0 Å². The highest BCUT2D eigenvalue weighted by molar-refractivity contribution is 5.59. The average Bonchev–Trinajstić information content (AvgIpc) is 2.86. The Morgan fingerprint density at radius 1 is 0.857 bits per heavy atom. The van der Waals surface area contributed by atoms with E-state index in [4.69, 9.17) is 0 Å². The van der Waals surface area contributed by atoms with E-state index in [9.17, 15) is 13.6 Å². The molecule has 2 aromatic heterocycles. The lowest BCUT2D eigenvalue weighted by atomic mass is 10.1. The molecule has 0 radical (unpaired) electrons. The van der Waals surface area contributed by atoms with Gasteiger partial charge >= 0.3 is 0 Å². The summed E-state index contributed by atoms with van der Waals surface area (Å²) in [6.45, 7) is 4.09. The summed E-state index contributed by atoms with van der Waals surface area (Å²) in [5.74, 6) is -0.814. The molecule has 0 spiro atoms. The molecule has 0 bridgehead atoms. The van der Waals surface area contributed by atoms with Crippen molar-refractivity contribution in [2.75, 3.05) is 38.1 Å². The lowest BCUT2D eigenvalue weighted by Gasteiger charge is -2.33. The molecule has 1 aliphatic heterocycles. The summed E-state index contributed by atoms with van der Waals surface area (Å²) in [7, 11) is 2.12. The summed E-state index contributed by atoms with van der Waals surface area (Å²) in [5, 5.41) is 4.32. The number of hydrogen-bond acceptors (Lipinski definition) is 6. The Hall–Kier alpha value is -3.98. The molecule has 3 heterocycles. The minimum atomic E-state index is -0.703. The summed E-state index contributed by atoms with van der Waals surface area (Å²) < 4.78 is 28.6. The molecule has 1 fully saturated rings. The fraction of sp³-hybridized carbons (Fsp3) is 0.231.